The van der Waals surface area contributed by atoms with E-state index < -0.39 is 20.5 Å². The van der Waals surface area contributed by atoms with Crippen molar-refractivity contribution in [3.63, 3.8) is 0 Å². The standard InChI is InChI=1S/C21H18N2O5Se/c1-11-19(21(24)25)29-20(23-11)12-5-6-15(14(7-12)10-22)13-8-16(26-2)18(28-4)17(9-13)27-3/h5-9H,1-4H3,(H,24,25). The van der Waals surface area contributed by atoms with Crippen LogP contribution in [0.25, 0.3) is 21.3 Å². The van der Waals surface area contributed by atoms with E-state index in [4.69, 9.17) is 14.2 Å². The van der Waals surface area contributed by atoms with Gasteiger partial charge in [0.05, 0.1) is 0 Å². The molecule has 8 heteroatoms. The van der Waals surface area contributed by atoms with Gasteiger partial charge < -0.3 is 0 Å². The summed E-state index contributed by atoms with van der Waals surface area (Å²) in [4.78, 5) is 15.7. The fourth-order valence-electron chi connectivity index (χ4n) is 2.98. The molecule has 0 bridgehead atoms. The van der Waals surface area contributed by atoms with Gasteiger partial charge in [0.1, 0.15) is 0 Å². The first kappa shape index (κ1) is 20.5. The molecule has 29 heavy (non-hydrogen) atoms. The van der Waals surface area contributed by atoms with E-state index in [2.05, 4.69) is 11.1 Å². The molecule has 0 aliphatic heterocycles. The minimum absolute atomic E-state index is 0.333. The van der Waals surface area contributed by atoms with Crippen LogP contribution < -0.4 is 14.2 Å². The number of aromatic carboxylic acids is 1. The second kappa shape index (κ2) is 8.39. The van der Waals surface area contributed by atoms with Gasteiger partial charge in [-0.05, 0) is 0 Å². The van der Waals surface area contributed by atoms with E-state index in [1.807, 2.05) is 12.1 Å². The number of hydrogen-bond donors (Lipinski definition) is 1. The molecule has 7 nitrogen and oxygen atoms in total. The van der Waals surface area contributed by atoms with Crippen molar-refractivity contribution in [3.05, 3.63) is 46.0 Å². The maximum atomic E-state index is 11.3. The first-order valence-corrected chi connectivity index (χ1v) is 10.2. The Morgan fingerprint density at radius 1 is 1.07 bits per heavy atom. The van der Waals surface area contributed by atoms with Crippen LogP contribution in [0.5, 0.6) is 17.2 Å². The van der Waals surface area contributed by atoms with Crippen LogP contribution in [0.4, 0.5) is 0 Å². The fourth-order valence-corrected chi connectivity index (χ4v) is 4.87. The number of nitrogens with zero attached hydrogens (tertiary/aromatic N) is 2. The van der Waals surface area contributed by atoms with E-state index in [9.17, 15) is 15.2 Å². The normalized spacial score (nSPS) is 10.3. The number of methoxy groups -OCH3 is 3. The Kier molecular flexibility index (Phi) is 5.92. The first-order valence-electron chi connectivity index (χ1n) is 8.49. The molecule has 1 heterocycles. The predicted molar refractivity (Wildman–Crippen MR) is 108 cm³/mol. The zero-order valence-corrected chi connectivity index (χ0v) is 18.0. The van der Waals surface area contributed by atoms with E-state index >= 15 is 0 Å². The molecule has 0 fully saturated rings. The average molecular weight is 457 g/mol. The van der Waals surface area contributed by atoms with Crippen molar-refractivity contribution in [2.45, 2.75) is 6.92 Å². The van der Waals surface area contributed by atoms with Gasteiger partial charge in [-0.25, -0.2) is 0 Å². The van der Waals surface area contributed by atoms with Gasteiger partial charge in [-0.1, -0.05) is 0 Å². The van der Waals surface area contributed by atoms with Crippen LogP contribution in [0.3, 0.4) is 0 Å². The van der Waals surface area contributed by atoms with Gasteiger partial charge in [-0.15, -0.1) is 0 Å². The van der Waals surface area contributed by atoms with Crippen LogP contribution in [0.2, 0.25) is 0 Å². The number of aromatic nitrogens is 1. The molecule has 3 rings (SSSR count). The quantitative estimate of drug-likeness (QED) is 0.567. The van der Waals surface area contributed by atoms with Gasteiger partial charge in [-0.2, -0.15) is 0 Å². The number of rotatable bonds is 6. The molecule has 0 amide bonds. The number of hydrogen-bond acceptors (Lipinski definition) is 6. The van der Waals surface area contributed by atoms with E-state index in [1.54, 1.807) is 25.1 Å². The number of nitriles is 1. The average Bonchev–Trinajstić information content (AvgIpc) is 3.14. The molecule has 1 N–H and O–H groups in total. The van der Waals surface area contributed by atoms with Crippen molar-refractivity contribution < 1.29 is 24.1 Å². The molecule has 0 atom stereocenters. The van der Waals surface area contributed by atoms with Crippen LogP contribution in [0.1, 0.15) is 20.5 Å². The minimum atomic E-state index is -0.948. The molecule has 148 valence electrons. The van der Waals surface area contributed by atoms with Crippen LogP contribution in [-0.2, 0) is 0 Å². The van der Waals surface area contributed by atoms with Gasteiger partial charge in [0.2, 0.25) is 0 Å². The Hall–Kier alpha value is -3.27. The van der Waals surface area contributed by atoms with Crippen LogP contribution in [0.15, 0.2) is 30.3 Å². The first-order chi connectivity index (χ1) is 13.9. The summed E-state index contributed by atoms with van der Waals surface area (Å²) in [6.07, 6.45) is 0. The molecule has 0 saturated heterocycles. The van der Waals surface area contributed by atoms with Gasteiger partial charge in [0.25, 0.3) is 0 Å². The zero-order valence-electron chi connectivity index (χ0n) is 16.3. The molecule has 2 aromatic carbocycles. The van der Waals surface area contributed by atoms with Crippen molar-refractivity contribution >= 4 is 20.5 Å². The van der Waals surface area contributed by atoms with Crippen LogP contribution >= 0.6 is 0 Å². The second-order valence-electron chi connectivity index (χ2n) is 6.02. The van der Waals surface area contributed by atoms with Gasteiger partial charge in [0, 0.05) is 0 Å². The Morgan fingerprint density at radius 2 is 1.72 bits per heavy atom. The third kappa shape index (κ3) is 3.83. The molecule has 0 aliphatic rings. The summed E-state index contributed by atoms with van der Waals surface area (Å²) < 4.78 is 17.2. The molecular weight excluding hydrogens is 439 g/mol. The third-order valence-corrected chi connectivity index (χ3v) is 6.86. The summed E-state index contributed by atoms with van der Waals surface area (Å²) in [5.41, 5.74) is 3.14. The zero-order chi connectivity index (χ0) is 21.1. The summed E-state index contributed by atoms with van der Waals surface area (Å²) in [6, 6.07) is 11.2. The fraction of sp³-hybridized carbons (Fsp3) is 0.190. The SMILES string of the molecule is COc1cc(-c2ccc(-c3nc(C)c(C(=O)O)[se]3)cc2C#N)cc(OC)c1OC. The third-order valence-electron chi connectivity index (χ3n) is 4.35. The van der Waals surface area contributed by atoms with Crippen molar-refractivity contribution in [2.75, 3.05) is 21.3 Å². The summed E-state index contributed by atoms with van der Waals surface area (Å²) in [7, 11) is 4.59. The van der Waals surface area contributed by atoms with E-state index in [0.29, 0.717) is 43.1 Å². The number of aryl methyl sites for hydroxylation is 1. The number of carboxylic acid groups (broad SMARTS) is 1. The Balaban J connectivity index is 2.12. The van der Waals surface area contributed by atoms with Gasteiger partial charge in [0.15, 0.2) is 0 Å². The summed E-state index contributed by atoms with van der Waals surface area (Å²) in [5.74, 6) is 0.504. The predicted octanol–water partition coefficient (Wildman–Crippen LogP) is 3.38. The Labute approximate surface area is 173 Å². The van der Waals surface area contributed by atoms with Gasteiger partial charge >= 0.3 is 174 Å². The summed E-state index contributed by atoms with van der Waals surface area (Å²) in [5, 5.41) is 19.0. The van der Waals surface area contributed by atoms with E-state index in [0.717, 1.165) is 11.1 Å². The molecule has 0 unspecified atom stereocenters. The van der Waals surface area contributed by atoms with Gasteiger partial charge in [-0.3, -0.25) is 0 Å². The van der Waals surface area contributed by atoms with Crippen molar-refractivity contribution in [1.29, 1.82) is 5.26 Å². The van der Waals surface area contributed by atoms with Crippen LogP contribution in [0, 0.1) is 18.3 Å². The number of ether oxygens (including phenoxy) is 3. The molecule has 0 radical (unpaired) electrons. The summed E-state index contributed by atoms with van der Waals surface area (Å²) in [6.45, 7) is 1.69. The molecule has 0 spiro atoms. The van der Waals surface area contributed by atoms with Crippen molar-refractivity contribution in [3.8, 4) is 44.6 Å². The van der Waals surface area contributed by atoms with E-state index in [1.165, 1.54) is 21.3 Å². The number of carboxylic acids is 1. The van der Waals surface area contributed by atoms with E-state index in [-0.39, 0.29) is 0 Å². The second-order valence-corrected chi connectivity index (χ2v) is 8.12. The topological polar surface area (TPSA) is 102 Å². The Bertz CT molecular complexity index is 1110. The van der Waals surface area contributed by atoms with Crippen molar-refractivity contribution in [2.24, 2.45) is 0 Å². The molecule has 0 aliphatic carbocycles. The maximum absolute atomic E-state index is 11.3. The molecule has 3 aromatic rings. The number of carbonyl (C=O) groups is 1. The Morgan fingerprint density at radius 3 is 2.21 bits per heavy atom. The van der Waals surface area contributed by atoms with Crippen LogP contribution in [-0.4, -0.2) is 51.9 Å². The molecule has 0 saturated carbocycles. The molecule has 1 aromatic heterocycles. The summed E-state index contributed by atoms with van der Waals surface area (Å²) >= 11 is -0.406. The monoisotopic (exact) mass is 458 g/mol. The number of benzene rings is 2. The van der Waals surface area contributed by atoms with Crippen molar-refractivity contribution in [1.82, 2.24) is 4.98 Å². The molecular formula is C21H18N2O5Se.